The lowest BCUT2D eigenvalue weighted by Gasteiger charge is -2.27. The highest BCUT2D eigenvalue weighted by Gasteiger charge is 2.23. The van der Waals surface area contributed by atoms with Crippen molar-refractivity contribution in [3.63, 3.8) is 0 Å². The lowest BCUT2D eigenvalue weighted by atomic mass is 10.1. The fraction of sp³-hybridized carbons (Fsp3) is 0.389. The Bertz CT molecular complexity index is 918. The Morgan fingerprint density at radius 3 is 2.78 bits per heavy atom. The maximum absolute atomic E-state index is 12.7. The summed E-state index contributed by atoms with van der Waals surface area (Å²) in [6.07, 6.45) is 1.94. The second-order valence-corrected chi connectivity index (χ2v) is 6.62. The first-order valence-electron chi connectivity index (χ1n) is 8.99. The summed E-state index contributed by atoms with van der Waals surface area (Å²) in [6.45, 7) is 3.71. The van der Waals surface area contributed by atoms with E-state index in [1.54, 1.807) is 4.68 Å². The molecular formula is C18H21N7O2. The monoisotopic (exact) mass is 367 g/mol. The number of tetrazole rings is 1. The van der Waals surface area contributed by atoms with Gasteiger partial charge in [-0.15, -0.1) is 5.10 Å². The van der Waals surface area contributed by atoms with E-state index >= 15 is 0 Å². The number of benzene rings is 1. The zero-order valence-corrected chi connectivity index (χ0v) is 15.1. The molecule has 1 amide bonds. The molecule has 0 aliphatic carbocycles. The Hall–Kier alpha value is -3.07. The van der Waals surface area contributed by atoms with Crippen LogP contribution in [0.15, 0.2) is 36.7 Å². The van der Waals surface area contributed by atoms with Gasteiger partial charge in [0.15, 0.2) is 0 Å². The lowest BCUT2D eigenvalue weighted by molar-refractivity contribution is -0.132. The molecule has 27 heavy (non-hydrogen) atoms. The Morgan fingerprint density at radius 2 is 2.07 bits per heavy atom. The van der Waals surface area contributed by atoms with Gasteiger partial charge in [0, 0.05) is 6.54 Å². The molecule has 4 rings (SSSR count). The second kappa shape index (κ2) is 7.28. The molecule has 1 aliphatic heterocycles. The number of nitrogens with zero attached hydrogens (tertiary/aromatic N) is 7. The highest BCUT2D eigenvalue weighted by atomic mass is 16.3. The van der Waals surface area contributed by atoms with Crippen molar-refractivity contribution in [2.75, 3.05) is 6.54 Å². The number of hydrogen-bond donors (Lipinski definition) is 1. The van der Waals surface area contributed by atoms with Gasteiger partial charge >= 0.3 is 0 Å². The van der Waals surface area contributed by atoms with E-state index in [4.69, 9.17) is 0 Å². The Kier molecular flexibility index (Phi) is 4.68. The SMILES string of the molecule is CC[C@H](O)c1cc2n(n1)CCN(C(=O)Cc1ccc(-n3cnnn3)cc1)C2. The lowest BCUT2D eigenvalue weighted by Crippen LogP contribution is -2.39. The first kappa shape index (κ1) is 17.3. The predicted molar refractivity (Wildman–Crippen MR) is 95.8 cm³/mol. The quantitative estimate of drug-likeness (QED) is 0.718. The number of amides is 1. The fourth-order valence-electron chi connectivity index (χ4n) is 3.21. The molecule has 1 atom stereocenters. The smallest absolute Gasteiger partial charge is 0.227 e. The standard InChI is InChI=1S/C18H21N7O2/c1-2-17(26)16-10-15-11-23(7-8-24(15)20-16)18(27)9-13-3-5-14(6-4-13)25-12-19-21-22-25/h3-6,10,12,17,26H,2,7-9,11H2,1H3/t17-/m0/s1. The summed E-state index contributed by atoms with van der Waals surface area (Å²) in [5.74, 6) is 0.0789. The van der Waals surface area contributed by atoms with Crippen molar-refractivity contribution in [1.29, 1.82) is 0 Å². The topological polar surface area (TPSA) is 102 Å². The molecule has 0 saturated heterocycles. The predicted octanol–water partition coefficient (Wildman–Crippen LogP) is 0.887. The summed E-state index contributed by atoms with van der Waals surface area (Å²) in [5, 5.41) is 25.5. The molecule has 0 unspecified atom stereocenters. The van der Waals surface area contributed by atoms with Crippen LogP contribution in [-0.4, -0.2) is 52.4 Å². The van der Waals surface area contributed by atoms with Crippen molar-refractivity contribution in [2.24, 2.45) is 0 Å². The van der Waals surface area contributed by atoms with E-state index in [0.29, 0.717) is 38.2 Å². The average Bonchev–Trinajstić information content (AvgIpc) is 3.37. The molecule has 0 radical (unpaired) electrons. The van der Waals surface area contributed by atoms with Gasteiger partial charge in [0.2, 0.25) is 5.91 Å². The van der Waals surface area contributed by atoms with Crippen LogP contribution in [-0.2, 0) is 24.3 Å². The third-order valence-electron chi connectivity index (χ3n) is 4.80. The van der Waals surface area contributed by atoms with Crippen LogP contribution in [0.5, 0.6) is 0 Å². The van der Waals surface area contributed by atoms with E-state index in [9.17, 15) is 9.90 Å². The van der Waals surface area contributed by atoms with Crippen molar-refractivity contribution < 1.29 is 9.90 Å². The molecular weight excluding hydrogens is 346 g/mol. The van der Waals surface area contributed by atoms with Gasteiger partial charge in [-0.2, -0.15) is 5.10 Å². The number of aliphatic hydroxyl groups excluding tert-OH is 1. The van der Waals surface area contributed by atoms with Gasteiger partial charge in [-0.3, -0.25) is 9.48 Å². The first-order chi connectivity index (χ1) is 13.1. The molecule has 0 bridgehead atoms. The van der Waals surface area contributed by atoms with Crippen LogP contribution in [0.2, 0.25) is 0 Å². The number of rotatable bonds is 5. The van der Waals surface area contributed by atoms with Gasteiger partial charge in [0.1, 0.15) is 6.33 Å². The van der Waals surface area contributed by atoms with E-state index in [1.807, 2.05) is 46.8 Å². The highest BCUT2D eigenvalue weighted by Crippen LogP contribution is 2.20. The minimum absolute atomic E-state index is 0.0789. The Labute approximate surface area is 156 Å². The minimum Gasteiger partial charge on any atom is -0.387 e. The van der Waals surface area contributed by atoms with Crippen LogP contribution < -0.4 is 0 Å². The van der Waals surface area contributed by atoms with E-state index in [1.165, 1.54) is 6.33 Å². The number of fused-ring (bicyclic) bond motifs is 1. The Morgan fingerprint density at radius 1 is 1.26 bits per heavy atom. The minimum atomic E-state index is -0.550. The summed E-state index contributed by atoms with van der Waals surface area (Å²) in [6, 6.07) is 9.51. The van der Waals surface area contributed by atoms with Crippen LogP contribution in [0.25, 0.3) is 5.69 Å². The molecule has 9 heteroatoms. The highest BCUT2D eigenvalue weighted by molar-refractivity contribution is 5.79. The normalized spacial score (nSPS) is 14.8. The van der Waals surface area contributed by atoms with Gasteiger partial charge in [0.05, 0.1) is 42.7 Å². The second-order valence-electron chi connectivity index (χ2n) is 6.62. The van der Waals surface area contributed by atoms with Crippen molar-refractivity contribution in [3.8, 4) is 5.69 Å². The maximum Gasteiger partial charge on any atom is 0.227 e. The van der Waals surface area contributed by atoms with Gasteiger partial charge in [-0.05, 0) is 40.6 Å². The third kappa shape index (κ3) is 3.59. The van der Waals surface area contributed by atoms with Crippen LogP contribution >= 0.6 is 0 Å². The van der Waals surface area contributed by atoms with Gasteiger partial charge in [-0.1, -0.05) is 19.1 Å². The van der Waals surface area contributed by atoms with Crippen molar-refractivity contribution in [2.45, 2.75) is 39.0 Å². The average molecular weight is 367 g/mol. The molecule has 1 N–H and O–H groups in total. The van der Waals surface area contributed by atoms with Crippen LogP contribution in [0.1, 0.15) is 36.4 Å². The zero-order chi connectivity index (χ0) is 18.8. The molecule has 9 nitrogen and oxygen atoms in total. The molecule has 0 spiro atoms. The summed E-state index contributed by atoms with van der Waals surface area (Å²) in [7, 11) is 0. The molecule has 1 aliphatic rings. The van der Waals surface area contributed by atoms with Gasteiger partial charge < -0.3 is 10.0 Å². The molecule has 1 aromatic carbocycles. The van der Waals surface area contributed by atoms with Crippen LogP contribution in [0.4, 0.5) is 0 Å². The molecule has 2 aromatic heterocycles. The molecule has 0 saturated carbocycles. The summed E-state index contributed by atoms with van der Waals surface area (Å²) < 4.78 is 3.46. The number of aliphatic hydroxyl groups is 1. The number of hydrogen-bond acceptors (Lipinski definition) is 6. The van der Waals surface area contributed by atoms with Gasteiger partial charge in [-0.25, -0.2) is 4.68 Å². The van der Waals surface area contributed by atoms with Crippen molar-refractivity contribution in [3.05, 3.63) is 53.6 Å². The zero-order valence-electron chi connectivity index (χ0n) is 15.1. The van der Waals surface area contributed by atoms with E-state index in [-0.39, 0.29) is 5.91 Å². The number of carbonyl (C=O) groups is 1. The summed E-state index contributed by atoms with van der Waals surface area (Å²) in [4.78, 5) is 14.5. The summed E-state index contributed by atoms with van der Waals surface area (Å²) in [5.41, 5.74) is 3.43. The van der Waals surface area contributed by atoms with Gasteiger partial charge in [0.25, 0.3) is 0 Å². The molecule has 3 aromatic rings. The summed E-state index contributed by atoms with van der Waals surface area (Å²) >= 11 is 0. The molecule has 140 valence electrons. The van der Waals surface area contributed by atoms with E-state index in [0.717, 1.165) is 16.9 Å². The largest absolute Gasteiger partial charge is 0.387 e. The fourth-order valence-corrected chi connectivity index (χ4v) is 3.21. The van der Waals surface area contributed by atoms with E-state index < -0.39 is 6.10 Å². The molecule has 0 fully saturated rings. The Balaban J connectivity index is 1.41. The van der Waals surface area contributed by atoms with Crippen molar-refractivity contribution in [1.82, 2.24) is 34.9 Å². The number of carbonyl (C=O) groups excluding carboxylic acids is 1. The van der Waals surface area contributed by atoms with Crippen LogP contribution in [0, 0.1) is 0 Å². The van der Waals surface area contributed by atoms with Crippen LogP contribution in [0.3, 0.4) is 0 Å². The van der Waals surface area contributed by atoms with Crippen molar-refractivity contribution >= 4 is 5.91 Å². The van der Waals surface area contributed by atoms with E-state index in [2.05, 4.69) is 20.6 Å². The first-order valence-corrected chi connectivity index (χ1v) is 8.99. The maximum atomic E-state index is 12.7. The third-order valence-corrected chi connectivity index (χ3v) is 4.80. The number of aromatic nitrogens is 6. The molecule has 3 heterocycles.